The standard InChI is InChI=1S/C28H26N2O4S/c1-22-12-16-25(17-13-22)30(35(32,33)27-10-6-3-7-11-27)20-28(31)29-24-14-18-26(19-15-24)34-21-23-8-4-2-5-9-23/h2-19H,20-21H2,1H3,(H,29,31). The van der Waals surface area contributed by atoms with Gasteiger partial charge in [0.1, 0.15) is 18.9 Å². The number of aryl methyl sites for hydroxylation is 1. The van der Waals surface area contributed by atoms with E-state index in [0.29, 0.717) is 23.7 Å². The number of carbonyl (C=O) groups is 1. The van der Waals surface area contributed by atoms with E-state index in [9.17, 15) is 13.2 Å². The van der Waals surface area contributed by atoms with Crippen LogP contribution in [-0.2, 0) is 21.4 Å². The predicted octanol–water partition coefficient (Wildman–Crippen LogP) is 5.41. The summed E-state index contributed by atoms with van der Waals surface area (Å²) in [6, 6.07) is 31.9. The van der Waals surface area contributed by atoms with E-state index in [1.54, 1.807) is 54.6 Å². The molecule has 0 aliphatic heterocycles. The van der Waals surface area contributed by atoms with E-state index in [1.165, 1.54) is 12.1 Å². The molecular formula is C28H26N2O4S. The fraction of sp³-hybridized carbons (Fsp3) is 0.107. The molecule has 178 valence electrons. The Morgan fingerprint density at radius 1 is 0.800 bits per heavy atom. The van der Waals surface area contributed by atoms with Crippen molar-refractivity contribution in [2.24, 2.45) is 0 Å². The SMILES string of the molecule is Cc1ccc(N(CC(=O)Nc2ccc(OCc3ccccc3)cc2)S(=O)(=O)c2ccccc2)cc1. The molecule has 4 aromatic rings. The number of rotatable bonds is 9. The molecule has 0 aromatic heterocycles. The molecule has 1 amide bonds. The molecule has 4 rings (SSSR count). The van der Waals surface area contributed by atoms with Crippen molar-refractivity contribution in [2.45, 2.75) is 18.4 Å². The lowest BCUT2D eigenvalue weighted by molar-refractivity contribution is -0.114. The van der Waals surface area contributed by atoms with Crippen molar-refractivity contribution in [1.29, 1.82) is 0 Å². The van der Waals surface area contributed by atoms with Crippen molar-refractivity contribution in [3.05, 3.63) is 120 Å². The van der Waals surface area contributed by atoms with E-state index >= 15 is 0 Å². The first kappa shape index (κ1) is 24.0. The first-order valence-electron chi connectivity index (χ1n) is 11.1. The highest BCUT2D eigenvalue weighted by molar-refractivity contribution is 7.92. The van der Waals surface area contributed by atoms with Gasteiger partial charge in [-0.2, -0.15) is 0 Å². The van der Waals surface area contributed by atoms with E-state index < -0.39 is 15.9 Å². The van der Waals surface area contributed by atoms with Gasteiger partial charge in [-0.15, -0.1) is 0 Å². The molecule has 0 aliphatic carbocycles. The molecule has 0 radical (unpaired) electrons. The highest BCUT2D eigenvalue weighted by Gasteiger charge is 2.27. The molecule has 0 atom stereocenters. The lowest BCUT2D eigenvalue weighted by atomic mass is 10.2. The van der Waals surface area contributed by atoms with E-state index in [1.807, 2.05) is 49.4 Å². The highest BCUT2D eigenvalue weighted by atomic mass is 32.2. The van der Waals surface area contributed by atoms with Gasteiger partial charge in [0.25, 0.3) is 10.0 Å². The number of amides is 1. The van der Waals surface area contributed by atoms with E-state index in [0.717, 1.165) is 15.4 Å². The van der Waals surface area contributed by atoms with Crippen LogP contribution in [0.5, 0.6) is 5.75 Å². The molecule has 0 unspecified atom stereocenters. The molecule has 0 saturated carbocycles. The van der Waals surface area contributed by atoms with Gasteiger partial charge in [0.15, 0.2) is 0 Å². The van der Waals surface area contributed by atoms with Crippen LogP contribution in [-0.4, -0.2) is 20.9 Å². The number of nitrogens with one attached hydrogen (secondary N) is 1. The molecule has 0 fully saturated rings. The van der Waals surface area contributed by atoms with Crippen LogP contribution in [0.1, 0.15) is 11.1 Å². The third-order valence-corrected chi connectivity index (χ3v) is 7.11. The number of hydrogen-bond acceptors (Lipinski definition) is 4. The molecule has 7 heteroatoms. The zero-order chi connectivity index (χ0) is 24.7. The van der Waals surface area contributed by atoms with Gasteiger partial charge in [-0.1, -0.05) is 66.2 Å². The lowest BCUT2D eigenvalue weighted by Gasteiger charge is -2.24. The third-order valence-electron chi connectivity index (χ3n) is 5.33. The number of carbonyl (C=O) groups excluding carboxylic acids is 1. The quantitative estimate of drug-likeness (QED) is 0.343. The Balaban J connectivity index is 1.46. The Morgan fingerprint density at radius 3 is 2.03 bits per heavy atom. The van der Waals surface area contributed by atoms with Crippen molar-refractivity contribution < 1.29 is 17.9 Å². The summed E-state index contributed by atoms with van der Waals surface area (Å²) in [6.07, 6.45) is 0. The Kier molecular flexibility index (Phi) is 7.48. The molecule has 0 saturated heterocycles. The Labute approximate surface area is 205 Å². The summed E-state index contributed by atoms with van der Waals surface area (Å²) in [4.78, 5) is 13.0. The minimum Gasteiger partial charge on any atom is -0.489 e. The largest absolute Gasteiger partial charge is 0.489 e. The summed E-state index contributed by atoms with van der Waals surface area (Å²) in [5, 5.41) is 2.78. The maximum absolute atomic E-state index is 13.4. The van der Waals surface area contributed by atoms with Crippen LogP contribution < -0.4 is 14.4 Å². The van der Waals surface area contributed by atoms with Gasteiger partial charge < -0.3 is 10.1 Å². The molecule has 35 heavy (non-hydrogen) atoms. The summed E-state index contributed by atoms with van der Waals surface area (Å²) in [7, 11) is -3.94. The summed E-state index contributed by atoms with van der Waals surface area (Å²) >= 11 is 0. The number of sulfonamides is 1. The topological polar surface area (TPSA) is 75.7 Å². The Morgan fingerprint density at radius 2 is 1.40 bits per heavy atom. The maximum atomic E-state index is 13.4. The van der Waals surface area contributed by atoms with Gasteiger partial charge in [0, 0.05) is 5.69 Å². The van der Waals surface area contributed by atoms with E-state index in [-0.39, 0.29) is 11.4 Å². The molecule has 0 spiro atoms. The second-order valence-electron chi connectivity index (χ2n) is 8.01. The first-order valence-corrected chi connectivity index (χ1v) is 12.6. The minimum absolute atomic E-state index is 0.119. The number of ether oxygens (including phenoxy) is 1. The fourth-order valence-corrected chi connectivity index (χ4v) is 4.89. The Hall–Kier alpha value is -4.10. The van der Waals surface area contributed by atoms with Crippen LogP contribution in [0.2, 0.25) is 0 Å². The number of anilines is 2. The van der Waals surface area contributed by atoms with Crippen molar-refractivity contribution in [3.8, 4) is 5.75 Å². The van der Waals surface area contributed by atoms with Crippen LogP contribution in [0.4, 0.5) is 11.4 Å². The van der Waals surface area contributed by atoms with Crippen molar-refractivity contribution in [2.75, 3.05) is 16.2 Å². The molecule has 1 N–H and O–H groups in total. The van der Waals surface area contributed by atoms with Crippen LogP contribution in [0.15, 0.2) is 114 Å². The smallest absolute Gasteiger partial charge is 0.264 e. The van der Waals surface area contributed by atoms with Gasteiger partial charge in [-0.25, -0.2) is 8.42 Å². The van der Waals surface area contributed by atoms with Gasteiger partial charge in [-0.3, -0.25) is 9.10 Å². The lowest BCUT2D eigenvalue weighted by Crippen LogP contribution is -2.38. The highest BCUT2D eigenvalue weighted by Crippen LogP contribution is 2.24. The van der Waals surface area contributed by atoms with Gasteiger partial charge >= 0.3 is 0 Å². The zero-order valence-corrected chi connectivity index (χ0v) is 20.1. The molecular weight excluding hydrogens is 460 g/mol. The normalized spacial score (nSPS) is 11.0. The summed E-state index contributed by atoms with van der Waals surface area (Å²) < 4.78 is 33.6. The minimum atomic E-state index is -3.94. The van der Waals surface area contributed by atoms with Gasteiger partial charge in [-0.05, 0) is 61.0 Å². The number of hydrogen-bond donors (Lipinski definition) is 1. The van der Waals surface area contributed by atoms with Crippen LogP contribution in [0.25, 0.3) is 0 Å². The molecule has 0 aliphatic rings. The summed E-state index contributed by atoms with van der Waals surface area (Å²) in [5.41, 5.74) is 3.01. The monoisotopic (exact) mass is 486 g/mol. The maximum Gasteiger partial charge on any atom is 0.264 e. The number of benzene rings is 4. The Bertz CT molecular complexity index is 1360. The van der Waals surface area contributed by atoms with Crippen molar-refractivity contribution >= 4 is 27.3 Å². The molecule has 6 nitrogen and oxygen atoms in total. The van der Waals surface area contributed by atoms with Crippen molar-refractivity contribution in [1.82, 2.24) is 0 Å². The number of nitrogens with zero attached hydrogens (tertiary/aromatic N) is 1. The van der Waals surface area contributed by atoms with E-state index in [4.69, 9.17) is 4.74 Å². The molecule has 4 aromatic carbocycles. The van der Waals surface area contributed by atoms with Crippen LogP contribution in [0.3, 0.4) is 0 Å². The van der Waals surface area contributed by atoms with Crippen molar-refractivity contribution in [3.63, 3.8) is 0 Å². The third kappa shape index (κ3) is 6.28. The first-order chi connectivity index (χ1) is 16.9. The van der Waals surface area contributed by atoms with Crippen LogP contribution in [0, 0.1) is 6.92 Å². The van der Waals surface area contributed by atoms with Gasteiger partial charge in [0.05, 0.1) is 10.6 Å². The predicted molar refractivity (Wildman–Crippen MR) is 138 cm³/mol. The summed E-state index contributed by atoms with van der Waals surface area (Å²) in [5.74, 6) is 0.211. The average molecular weight is 487 g/mol. The average Bonchev–Trinajstić information content (AvgIpc) is 2.88. The van der Waals surface area contributed by atoms with Gasteiger partial charge in [0.2, 0.25) is 5.91 Å². The molecule has 0 bridgehead atoms. The van der Waals surface area contributed by atoms with Crippen LogP contribution >= 0.6 is 0 Å². The molecule has 0 heterocycles. The summed E-state index contributed by atoms with van der Waals surface area (Å²) in [6.45, 7) is 1.99. The fourth-order valence-electron chi connectivity index (χ4n) is 3.45. The van der Waals surface area contributed by atoms with E-state index in [2.05, 4.69) is 5.32 Å². The zero-order valence-electron chi connectivity index (χ0n) is 19.3. The second-order valence-corrected chi connectivity index (χ2v) is 9.87. The second kappa shape index (κ2) is 10.9.